The molecule has 2 unspecified atom stereocenters. The van der Waals surface area contributed by atoms with E-state index in [0.29, 0.717) is 31.6 Å². The van der Waals surface area contributed by atoms with Crippen molar-refractivity contribution in [2.24, 2.45) is 17.0 Å². The van der Waals surface area contributed by atoms with Gasteiger partial charge in [0.15, 0.2) is 0 Å². The van der Waals surface area contributed by atoms with Gasteiger partial charge in [-0.3, -0.25) is 9.78 Å². The second-order valence-electron chi connectivity index (χ2n) is 14.1. The molecule has 2 heterocycles. The van der Waals surface area contributed by atoms with Crippen LogP contribution in [0, 0.1) is 11.8 Å². The monoisotopic (exact) mass is 742 g/mol. The minimum Gasteiger partial charge on any atom is -0.411 e. The van der Waals surface area contributed by atoms with Gasteiger partial charge in [-0.2, -0.15) is 4.31 Å². The Balaban J connectivity index is 1.39. The summed E-state index contributed by atoms with van der Waals surface area (Å²) in [4.78, 5) is 36.2. The summed E-state index contributed by atoms with van der Waals surface area (Å²) in [6.45, 7) is 8.73. The molecule has 0 aliphatic carbocycles. The molecule has 5 rings (SSSR count). The van der Waals surface area contributed by atoms with Crippen molar-refractivity contribution < 1.29 is 28.3 Å². The van der Waals surface area contributed by atoms with Crippen molar-refractivity contribution in [3.63, 3.8) is 0 Å². The molecule has 0 spiro atoms. The number of rotatable bonds is 17. The minimum absolute atomic E-state index is 0.0257. The normalized spacial score (nSPS) is 16.1. The molecule has 0 saturated carbocycles. The van der Waals surface area contributed by atoms with Gasteiger partial charge in [0.25, 0.3) is 0 Å². The first-order valence-electron chi connectivity index (χ1n) is 18.1. The van der Waals surface area contributed by atoms with Gasteiger partial charge >= 0.3 is 6.03 Å². The van der Waals surface area contributed by atoms with E-state index in [0.717, 1.165) is 22.0 Å². The van der Waals surface area contributed by atoms with Gasteiger partial charge in [0.1, 0.15) is 6.04 Å². The summed E-state index contributed by atoms with van der Waals surface area (Å²) in [5, 5.41) is 27.8. The molecule has 1 saturated heterocycles. The number of amides is 3. The number of sulfonamides is 1. The van der Waals surface area contributed by atoms with E-state index < -0.39 is 34.1 Å². The van der Waals surface area contributed by atoms with E-state index in [9.17, 15) is 23.1 Å². The van der Waals surface area contributed by atoms with E-state index in [1.807, 2.05) is 88.4 Å². The van der Waals surface area contributed by atoms with Crippen molar-refractivity contribution in [1.29, 1.82) is 0 Å². The molecule has 0 radical (unpaired) electrons. The summed E-state index contributed by atoms with van der Waals surface area (Å²) in [5.41, 5.74) is 3.19. The zero-order chi connectivity index (χ0) is 38.1. The van der Waals surface area contributed by atoms with Gasteiger partial charge in [0, 0.05) is 44.3 Å². The van der Waals surface area contributed by atoms with Crippen LogP contribution in [0.2, 0.25) is 0 Å². The predicted octanol–water partition coefficient (Wildman–Crippen LogP) is 5.13. The number of hydrogen-bond donors (Lipinski definition) is 3. The van der Waals surface area contributed by atoms with Crippen LogP contribution < -0.4 is 5.32 Å². The molecule has 4 aromatic rings. The molecule has 3 amide bonds. The number of urea groups is 1. The Bertz CT molecular complexity index is 1970. The van der Waals surface area contributed by atoms with Crippen molar-refractivity contribution in [2.45, 2.75) is 70.2 Å². The molecule has 13 heteroatoms. The highest BCUT2D eigenvalue weighted by Crippen LogP contribution is 2.26. The number of pyridine rings is 1. The number of oxime groups is 1. The molecule has 1 fully saturated rings. The van der Waals surface area contributed by atoms with Crippen LogP contribution in [0.25, 0.3) is 10.9 Å². The zero-order valence-electron chi connectivity index (χ0n) is 30.7. The van der Waals surface area contributed by atoms with Gasteiger partial charge in [0.2, 0.25) is 15.9 Å². The Kier molecular flexibility index (Phi) is 13.2. The third kappa shape index (κ3) is 9.58. The Morgan fingerprint density at radius 3 is 2.36 bits per heavy atom. The third-order valence-electron chi connectivity index (χ3n) is 9.79. The highest BCUT2D eigenvalue weighted by atomic mass is 32.2. The number of carbonyl (C=O) groups excluding carboxylic acids is 2. The van der Waals surface area contributed by atoms with Crippen LogP contribution in [0.4, 0.5) is 4.79 Å². The molecule has 12 nitrogen and oxygen atoms in total. The van der Waals surface area contributed by atoms with Crippen molar-refractivity contribution in [3.05, 3.63) is 108 Å². The van der Waals surface area contributed by atoms with E-state index in [4.69, 9.17) is 5.21 Å². The lowest BCUT2D eigenvalue weighted by Gasteiger charge is -2.35. The lowest BCUT2D eigenvalue weighted by Crippen LogP contribution is -2.57. The number of aliphatic hydroxyl groups is 1. The number of aliphatic hydroxyl groups excluding tert-OH is 1. The number of fused-ring (bicyclic) bond motifs is 1. The topological polar surface area (TPSA) is 156 Å². The second kappa shape index (κ2) is 17.8. The first kappa shape index (κ1) is 39.4. The second-order valence-corrected chi connectivity index (χ2v) is 16.1. The van der Waals surface area contributed by atoms with Crippen molar-refractivity contribution in [2.75, 3.05) is 26.2 Å². The van der Waals surface area contributed by atoms with Crippen molar-refractivity contribution >= 4 is 39.1 Å². The van der Waals surface area contributed by atoms with E-state index in [2.05, 4.69) is 15.5 Å². The first-order chi connectivity index (χ1) is 25.4. The molecular formula is C40H50N6O6S. The van der Waals surface area contributed by atoms with Crippen LogP contribution in [0.3, 0.4) is 0 Å². The maximum Gasteiger partial charge on any atom is 0.321 e. The Morgan fingerprint density at radius 2 is 1.68 bits per heavy atom. The Hall–Kier alpha value is -4.85. The number of carbonyl (C=O) groups is 2. The fraction of sp³-hybridized carbons (Fsp3) is 0.400. The predicted molar refractivity (Wildman–Crippen MR) is 205 cm³/mol. The van der Waals surface area contributed by atoms with E-state index >= 15 is 0 Å². The van der Waals surface area contributed by atoms with Gasteiger partial charge in [-0.1, -0.05) is 99.9 Å². The Morgan fingerprint density at radius 1 is 0.981 bits per heavy atom. The molecule has 282 valence electrons. The number of para-hydroxylation sites is 1. The Labute approximate surface area is 312 Å². The van der Waals surface area contributed by atoms with Gasteiger partial charge in [-0.25, -0.2) is 13.2 Å². The summed E-state index contributed by atoms with van der Waals surface area (Å²) in [6, 6.07) is 23.1. The van der Waals surface area contributed by atoms with Crippen molar-refractivity contribution in [1.82, 2.24) is 24.4 Å². The van der Waals surface area contributed by atoms with Crippen LogP contribution in [0.1, 0.15) is 50.8 Å². The van der Waals surface area contributed by atoms with Crippen LogP contribution in [0.5, 0.6) is 0 Å². The summed E-state index contributed by atoms with van der Waals surface area (Å²) >= 11 is 0. The quantitative estimate of drug-likeness (QED) is 0.0770. The van der Waals surface area contributed by atoms with Crippen LogP contribution >= 0.6 is 0 Å². The number of nitrogens with zero attached hydrogens (tertiary/aromatic N) is 5. The number of aromatic nitrogens is 1. The molecule has 1 aromatic heterocycles. The number of benzene rings is 3. The number of hydrogen-bond acceptors (Lipinski definition) is 8. The van der Waals surface area contributed by atoms with Gasteiger partial charge in [-0.15, -0.1) is 0 Å². The molecule has 3 aromatic carbocycles. The largest absolute Gasteiger partial charge is 0.411 e. The average Bonchev–Trinajstić information content (AvgIpc) is 3.50. The molecule has 4 atom stereocenters. The third-order valence-corrected chi connectivity index (χ3v) is 11.6. The standard InChI is InChI=1S/C40H50N6O6S/c1-5-29(4)38(46-22-21-44(40(46)49)26-32-19-20-41-35-14-10-9-13-34(32)35)39(48)43-36(23-30-11-7-6-8-12-30)37(47)27-45(25-28(2)3)53(51,52)33-17-15-31(16-18-33)24-42-50/h6-20,24,28-29,36-38,47,50H,5,21-23,25-27H2,1-4H3,(H,43,48)/b42-24+/t29?,36-,37+,38?/m0/s1. The molecular weight excluding hydrogens is 693 g/mol. The fourth-order valence-corrected chi connectivity index (χ4v) is 8.43. The maximum atomic E-state index is 14.4. The highest BCUT2D eigenvalue weighted by Gasteiger charge is 2.41. The SMILES string of the molecule is CCC(C)C(C(=O)N[C@@H](Cc1ccccc1)[C@H](O)CN(CC(C)C)S(=O)(=O)c1ccc(/C=N/O)cc1)N1CCN(Cc2ccnc3ccccc23)C1=O. The zero-order valence-corrected chi connectivity index (χ0v) is 31.6. The van der Waals surface area contributed by atoms with Gasteiger partial charge in [-0.05, 0) is 59.2 Å². The lowest BCUT2D eigenvalue weighted by molar-refractivity contribution is -0.128. The van der Waals surface area contributed by atoms with E-state index in [1.165, 1.54) is 34.8 Å². The molecule has 0 bridgehead atoms. The van der Waals surface area contributed by atoms with Gasteiger partial charge < -0.3 is 25.4 Å². The van der Waals surface area contributed by atoms with E-state index in [-0.39, 0.29) is 42.3 Å². The van der Waals surface area contributed by atoms with Crippen LogP contribution in [0.15, 0.2) is 101 Å². The summed E-state index contributed by atoms with van der Waals surface area (Å²) in [5.74, 6) is -0.667. The molecule has 1 aliphatic heterocycles. The smallest absolute Gasteiger partial charge is 0.321 e. The van der Waals surface area contributed by atoms with Gasteiger partial charge in [0.05, 0.1) is 28.8 Å². The number of nitrogens with one attached hydrogen (secondary N) is 1. The van der Waals surface area contributed by atoms with E-state index in [1.54, 1.807) is 16.0 Å². The average molecular weight is 743 g/mol. The summed E-state index contributed by atoms with van der Waals surface area (Å²) in [7, 11) is -4.07. The fourth-order valence-electron chi connectivity index (χ4n) is 6.81. The summed E-state index contributed by atoms with van der Waals surface area (Å²) < 4.78 is 29.1. The minimum atomic E-state index is -4.07. The highest BCUT2D eigenvalue weighted by molar-refractivity contribution is 7.89. The molecule has 1 aliphatic rings. The first-order valence-corrected chi connectivity index (χ1v) is 19.5. The summed E-state index contributed by atoms with van der Waals surface area (Å²) in [6.07, 6.45) is 2.51. The maximum absolute atomic E-state index is 14.4. The van der Waals surface area contributed by atoms with Crippen LogP contribution in [-0.2, 0) is 27.8 Å². The lowest BCUT2D eigenvalue weighted by atomic mass is 9.95. The van der Waals surface area contributed by atoms with Crippen LogP contribution in [-0.4, -0.2) is 100 Å². The van der Waals surface area contributed by atoms with Crippen molar-refractivity contribution in [3.8, 4) is 0 Å². The molecule has 53 heavy (non-hydrogen) atoms. The molecule has 3 N–H and O–H groups in total.